The largest absolute Gasteiger partial charge is 0.623 e. The first-order valence-corrected chi connectivity index (χ1v) is 5.37. The summed E-state index contributed by atoms with van der Waals surface area (Å²) >= 11 is 0. The van der Waals surface area contributed by atoms with Crippen LogP contribution in [0.1, 0.15) is 26.5 Å². The van der Waals surface area contributed by atoms with Crippen LogP contribution < -0.4 is 0 Å². The van der Waals surface area contributed by atoms with Gasteiger partial charge in [-0.05, 0) is 12.1 Å². The third kappa shape index (κ3) is 2.55. The highest BCUT2D eigenvalue weighted by molar-refractivity contribution is 5.73. The molecule has 0 aromatic carbocycles. The average molecular weight is 233 g/mol. The van der Waals surface area contributed by atoms with Crippen LogP contribution in [0.4, 0.5) is 0 Å². The molecule has 0 aliphatic rings. The van der Waals surface area contributed by atoms with Crippen molar-refractivity contribution in [3.05, 3.63) is 35.5 Å². The second-order valence-electron chi connectivity index (χ2n) is 4.78. The number of aromatic nitrogens is 2. The Hall–Kier alpha value is -2.04. The molecule has 0 saturated carbocycles. The average Bonchev–Trinajstić information content (AvgIpc) is 2.83. The van der Waals surface area contributed by atoms with E-state index in [-0.39, 0.29) is 0 Å². The number of H-pyrrole nitrogens is 1. The molecule has 2 aromatic heterocycles. The summed E-state index contributed by atoms with van der Waals surface area (Å²) in [5.41, 5.74) is 0.116. The molecule has 5 heteroatoms. The smallest absolute Gasteiger partial charge is 0.202 e. The lowest BCUT2D eigenvalue weighted by atomic mass is 10.1. The molecule has 0 fully saturated rings. The molecule has 0 unspecified atom stereocenters. The highest BCUT2D eigenvalue weighted by Gasteiger charge is 2.18. The van der Waals surface area contributed by atoms with Crippen LogP contribution >= 0.6 is 0 Å². The van der Waals surface area contributed by atoms with Crippen LogP contribution in [0.25, 0.3) is 11.6 Å². The van der Waals surface area contributed by atoms with Gasteiger partial charge in [0.1, 0.15) is 5.69 Å². The number of aromatic amines is 1. The molecule has 2 rings (SSSR count). The summed E-state index contributed by atoms with van der Waals surface area (Å²) in [7, 11) is 0. The number of rotatable bonds is 2. The van der Waals surface area contributed by atoms with E-state index in [9.17, 15) is 5.21 Å². The minimum Gasteiger partial charge on any atom is -0.623 e. The zero-order valence-corrected chi connectivity index (χ0v) is 10.1. The summed E-state index contributed by atoms with van der Waals surface area (Å²) in [5, 5.41) is 11.7. The molecule has 90 valence electrons. The third-order valence-corrected chi connectivity index (χ3v) is 2.26. The predicted octanol–water partition coefficient (Wildman–Crippen LogP) is 2.40. The molecule has 0 aliphatic heterocycles. The van der Waals surface area contributed by atoms with Gasteiger partial charge in [-0.15, -0.1) is 0 Å². The first kappa shape index (κ1) is 11.4. The van der Waals surface area contributed by atoms with Crippen molar-refractivity contribution in [1.82, 2.24) is 9.97 Å². The van der Waals surface area contributed by atoms with Gasteiger partial charge in [-0.1, -0.05) is 0 Å². The fourth-order valence-electron chi connectivity index (χ4n) is 1.26. The van der Waals surface area contributed by atoms with Gasteiger partial charge in [0.25, 0.3) is 0 Å². The lowest BCUT2D eigenvalue weighted by Gasteiger charge is -2.17. The Kier molecular flexibility index (Phi) is 2.75. The summed E-state index contributed by atoms with van der Waals surface area (Å²) < 4.78 is 6.09. The fourth-order valence-corrected chi connectivity index (χ4v) is 1.26. The van der Waals surface area contributed by atoms with Crippen LogP contribution in [-0.4, -0.2) is 26.5 Å². The van der Waals surface area contributed by atoms with Crippen molar-refractivity contribution < 1.29 is 9.16 Å². The third-order valence-electron chi connectivity index (χ3n) is 2.26. The minimum absolute atomic E-state index is 0.468. The maximum absolute atomic E-state index is 11.7. The maximum atomic E-state index is 11.7. The number of furan rings is 1. The number of hydrogen-bond acceptors (Lipinski definition) is 3. The van der Waals surface area contributed by atoms with E-state index in [4.69, 9.17) is 4.42 Å². The van der Waals surface area contributed by atoms with Crippen molar-refractivity contribution >= 4 is 6.21 Å². The van der Waals surface area contributed by atoms with Gasteiger partial charge in [0.2, 0.25) is 6.21 Å². The molecule has 0 spiro atoms. The monoisotopic (exact) mass is 233 g/mol. The molecule has 0 amide bonds. The minimum atomic E-state index is -0.468. The van der Waals surface area contributed by atoms with E-state index in [1.54, 1.807) is 24.6 Å². The number of imidazole rings is 1. The first-order valence-electron chi connectivity index (χ1n) is 5.37. The SMILES string of the molecule is CC(C)(C)/[N+]([O-])=C/c1c[nH]c(-c2ccco2)n1. The van der Waals surface area contributed by atoms with E-state index >= 15 is 0 Å². The van der Waals surface area contributed by atoms with E-state index < -0.39 is 5.54 Å². The topological polar surface area (TPSA) is 67.9 Å². The lowest BCUT2D eigenvalue weighted by Crippen LogP contribution is -2.29. The second-order valence-corrected chi connectivity index (χ2v) is 4.78. The molecule has 0 atom stereocenters. The Morgan fingerprint density at radius 2 is 2.24 bits per heavy atom. The van der Waals surface area contributed by atoms with E-state index in [1.807, 2.05) is 20.8 Å². The van der Waals surface area contributed by atoms with Crippen molar-refractivity contribution in [3.8, 4) is 11.6 Å². The van der Waals surface area contributed by atoms with Crippen LogP contribution in [0.5, 0.6) is 0 Å². The Bertz CT molecular complexity index is 518. The van der Waals surface area contributed by atoms with Gasteiger partial charge in [0.05, 0.1) is 6.26 Å². The Morgan fingerprint density at radius 3 is 2.82 bits per heavy atom. The van der Waals surface area contributed by atoms with Crippen LogP contribution in [0.15, 0.2) is 29.0 Å². The van der Waals surface area contributed by atoms with E-state index in [0.29, 0.717) is 17.3 Å². The molecule has 0 saturated heterocycles. The summed E-state index contributed by atoms with van der Waals surface area (Å²) in [6, 6.07) is 3.59. The van der Waals surface area contributed by atoms with E-state index in [0.717, 1.165) is 4.74 Å². The van der Waals surface area contributed by atoms with Crippen molar-refractivity contribution in [1.29, 1.82) is 0 Å². The fraction of sp³-hybridized carbons (Fsp3) is 0.333. The van der Waals surface area contributed by atoms with Gasteiger partial charge in [-0.25, -0.2) is 9.72 Å². The van der Waals surface area contributed by atoms with Crippen molar-refractivity contribution in [2.24, 2.45) is 0 Å². The second kappa shape index (κ2) is 4.08. The van der Waals surface area contributed by atoms with E-state index in [2.05, 4.69) is 9.97 Å². The van der Waals surface area contributed by atoms with Crippen LogP contribution in [-0.2, 0) is 0 Å². The lowest BCUT2D eigenvalue weighted by molar-refractivity contribution is -0.530. The molecule has 2 heterocycles. The van der Waals surface area contributed by atoms with Crippen LogP contribution in [0, 0.1) is 5.21 Å². The number of nitrogens with zero attached hydrogens (tertiary/aromatic N) is 2. The van der Waals surface area contributed by atoms with Gasteiger partial charge in [-0.3, -0.25) is 0 Å². The summed E-state index contributed by atoms with van der Waals surface area (Å²) in [4.78, 5) is 7.22. The van der Waals surface area contributed by atoms with Gasteiger partial charge in [-0.2, -0.15) is 0 Å². The number of hydrogen-bond donors (Lipinski definition) is 1. The molecule has 0 bridgehead atoms. The van der Waals surface area contributed by atoms with Crippen molar-refractivity contribution in [3.63, 3.8) is 0 Å². The Balaban J connectivity index is 2.26. The van der Waals surface area contributed by atoms with Crippen molar-refractivity contribution in [2.75, 3.05) is 0 Å². The molecule has 0 aliphatic carbocycles. The highest BCUT2D eigenvalue weighted by atomic mass is 16.5. The summed E-state index contributed by atoms with van der Waals surface area (Å²) in [6.45, 7) is 5.53. The van der Waals surface area contributed by atoms with Gasteiger partial charge in [0, 0.05) is 27.0 Å². The van der Waals surface area contributed by atoms with Crippen LogP contribution in [0.3, 0.4) is 0 Å². The summed E-state index contributed by atoms with van der Waals surface area (Å²) in [5.74, 6) is 1.27. The zero-order valence-electron chi connectivity index (χ0n) is 10.1. The van der Waals surface area contributed by atoms with E-state index in [1.165, 1.54) is 6.21 Å². The number of hydroxylamine groups is 1. The normalized spacial score (nSPS) is 13.0. The molecule has 1 N–H and O–H groups in total. The number of nitrogens with one attached hydrogen (secondary N) is 1. The van der Waals surface area contributed by atoms with Gasteiger partial charge in [0.15, 0.2) is 17.1 Å². The molecular weight excluding hydrogens is 218 g/mol. The standard InChI is InChI=1S/C12H15N3O2/c1-12(2,3)15(16)8-9-7-13-11(14-9)10-5-4-6-17-10/h4-8H,1-3H3,(H,13,14)/b15-8-. The van der Waals surface area contributed by atoms with Gasteiger partial charge >= 0.3 is 0 Å². The zero-order chi connectivity index (χ0) is 12.5. The Morgan fingerprint density at radius 1 is 1.47 bits per heavy atom. The van der Waals surface area contributed by atoms with Gasteiger partial charge < -0.3 is 14.6 Å². The molecule has 2 aromatic rings. The molecule has 17 heavy (non-hydrogen) atoms. The molecule has 0 radical (unpaired) electrons. The first-order chi connectivity index (χ1) is 7.97. The van der Waals surface area contributed by atoms with Crippen LogP contribution in [0.2, 0.25) is 0 Å². The quantitative estimate of drug-likeness (QED) is 0.375. The molecular formula is C12H15N3O2. The summed E-state index contributed by atoms with van der Waals surface area (Å²) in [6.07, 6.45) is 4.72. The predicted molar refractivity (Wildman–Crippen MR) is 64.8 cm³/mol. The maximum Gasteiger partial charge on any atom is 0.202 e. The van der Waals surface area contributed by atoms with Crippen molar-refractivity contribution in [2.45, 2.75) is 26.3 Å². The molecule has 5 nitrogen and oxygen atoms in total. The Labute approximate surface area is 99.4 Å². The highest BCUT2D eigenvalue weighted by Crippen LogP contribution is 2.15.